The number of piperidine rings is 1. The van der Waals surface area contributed by atoms with Gasteiger partial charge in [0.2, 0.25) is 11.8 Å². The van der Waals surface area contributed by atoms with E-state index in [2.05, 4.69) is 5.32 Å². The molecule has 2 N–H and O–H groups in total. The second kappa shape index (κ2) is 6.79. The summed E-state index contributed by atoms with van der Waals surface area (Å²) in [6.07, 6.45) is 0.598. The Morgan fingerprint density at radius 3 is 2.86 bits per heavy atom. The second-order valence-corrected chi connectivity index (χ2v) is 5.79. The lowest BCUT2D eigenvalue weighted by molar-refractivity contribution is -0.147. The Kier molecular flexibility index (Phi) is 5.03. The van der Waals surface area contributed by atoms with Gasteiger partial charge >= 0.3 is 5.97 Å². The van der Waals surface area contributed by atoms with Crippen LogP contribution in [0, 0.1) is 12.8 Å². The van der Waals surface area contributed by atoms with Crippen LogP contribution in [-0.2, 0) is 14.4 Å². The molecule has 0 aromatic heterocycles. The van der Waals surface area contributed by atoms with Crippen molar-refractivity contribution in [3.63, 3.8) is 0 Å². The molecule has 1 aliphatic rings. The second-order valence-electron chi connectivity index (χ2n) is 5.35. The summed E-state index contributed by atoms with van der Waals surface area (Å²) in [5.74, 6) is -1.96. The van der Waals surface area contributed by atoms with Gasteiger partial charge in [-0.3, -0.25) is 14.4 Å². The van der Waals surface area contributed by atoms with Crippen molar-refractivity contribution in [2.45, 2.75) is 19.8 Å². The lowest BCUT2D eigenvalue weighted by atomic mass is 9.96. The fourth-order valence-electron chi connectivity index (χ4n) is 2.41. The Balaban J connectivity index is 2.04. The third-order valence-electron chi connectivity index (χ3n) is 3.65. The maximum atomic E-state index is 12.3. The number of hydrogen-bond acceptors (Lipinski definition) is 3. The highest BCUT2D eigenvalue weighted by Gasteiger charge is 2.31. The number of carboxylic acids is 1. The van der Waals surface area contributed by atoms with E-state index < -0.39 is 11.9 Å². The molecule has 1 saturated heterocycles. The molecule has 0 saturated carbocycles. The Morgan fingerprint density at radius 1 is 1.45 bits per heavy atom. The van der Waals surface area contributed by atoms with Gasteiger partial charge in [0.25, 0.3) is 0 Å². The molecule has 1 fully saturated rings. The van der Waals surface area contributed by atoms with Crippen LogP contribution in [-0.4, -0.2) is 40.9 Å². The van der Waals surface area contributed by atoms with Crippen LogP contribution in [0.4, 0.5) is 5.69 Å². The lowest BCUT2D eigenvalue weighted by Gasteiger charge is -2.30. The molecule has 0 radical (unpaired) electrons. The summed E-state index contributed by atoms with van der Waals surface area (Å²) in [5, 5.41) is 12.1. The molecule has 0 unspecified atom stereocenters. The van der Waals surface area contributed by atoms with E-state index in [1.807, 2.05) is 6.92 Å². The number of carbonyl (C=O) groups excluding carboxylic acids is 2. The van der Waals surface area contributed by atoms with Gasteiger partial charge in [0, 0.05) is 23.7 Å². The van der Waals surface area contributed by atoms with Crippen molar-refractivity contribution in [2.75, 3.05) is 18.4 Å². The van der Waals surface area contributed by atoms with Gasteiger partial charge in [0.05, 0.1) is 5.92 Å². The molecular formula is C15H17ClN2O4. The number of nitrogens with one attached hydrogen (secondary N) is 1. The minimum absolute atomic E-state index is 0.122. The fraction of sp³-hybridized carbons (Fsp3) is 0.400. The van der Waals surface area contributed by atoms with Crippen molar-refractivity contribution in [3.8, 4) is 0 Å². The summed E-state index contributed by atoms with van der Waals surface area (Å²) in [7, 11) is 0. The number of likely N-dealkylation sites (tertiary alicyclic amines) is 1. The van der Waals surface area contributed by atoms with Gasteiger partial charge in [-0.25, -0.2) is 0 Å². The minimum atomic E-state index is -1.08. The zero-order valence-corrected chi connectivity index (χ0v) is 12.9. The van der Waals surface area contributed by atoms with Gasteiger partial charge in [-0.1, -0.05) is 17.7 Å². The van der Waals surface area contributed by atoms with Gasteiger partial charge in [-0.05, 0) is 31.0 Å². The number of carboxylic acid groups (broad SMARTS) is 1. The zero-order valence-electron chi connectivity index (χ0n) is 12.1. The number of aliphatic carboxylic acids is 1. The van der Waals surface area contributed by atoms with Gasteiger partial charge in [0.1, 0.15) is 6.54 Å². The molecule has 6 nitrogen and oxygen atoms in total. The van der Waals surface area contributed by atoms with Crippen molar-refractivity contribution in [1.82, 2.24) is 4.90 Å². The van der Waals surface area contributed by atoms with E-state index >= 15 is 0 Å². The van der Waals surface area contributed by atoms with Crippen LogP contribution in [0.2, 0.25) is 5.02 Å². The third kappa shape index (κ3) is 3.98. The molecule has 0 spiro atoms. The first-order valence-electron chi connectivity index (χ1n) is 6.93. The first-order valence-corrected chi connectivity index (χ1v) is 7.31. The Bertz CT molecular complexity index is 618. The molecule has 1 atom stereocenters. The normalized spacial score (nSPS) is 18.2. The van der Waals surface area contributed by atoms with E-state index in [-0.39, 0.29) is 31.3 Å². The number of benzene rings is 1. The van der Waals surface area contributed by atoms with Gasteiger partial charge < -0.3 is 15.3 Å². The van der Waals surface area contributed by atoms with Gasteiger partial charge in [-0.15, -0.1) is 0 Å². The fourth-order valence-corrected chi connectivity index (χ4v) is 2.58. The number of hydrogen-bond donors (Lipinski definition) is 2. The summed E-state index contributed by atoms with van der Waals surface area (Å²) in [6.45, 7) is 1.60. The number of halogens is 1. The van der Waals surface area contributed by atoms with E-state index in [0.717, 1.165) is 5.56 Å². The van der Waals surface area contributed by atoms with Gasteiger partial charge in [-0.2, -0.15) is 0 Å². The first kappa shape index (κ1) is 16.3. The molecule has 22 heavy (non-hydrogen) atoms. The third-order valence-corrected chi connectivity index (χ3v) is 3.89. The number of aryl methyl sites for hydroxylation is 1. The molecule has 1 aliphatic heterocycles. The average molecular weight is 325 g/mol. The summed E-state index contributed by atoms with van der Waals surface area (Å²) >= 11 is 5.92. The smallest absolute Gasteiger partial charge is 0.323 e. The topological polar surface area (TPSA) is 86.7 Å². The Morgan fingerprint density at radius 2 is 2.18 bits per heavy atom. The molecule has 0 bridgehead atoms. The molecule has 118 valence electrons. The van der Waals surface area contributed by atoms with Gasteiger partial charge in [0.15, 0.2) is 0 Å². The van der Waals surface area contributed by atoms with Crippen molar-refractivity contribution < 1.29 is 19.5 Å². The molecular weight excluding hydrogens is 308 g/mol. The van der Waals surface area contributed by atoms with E-state index in [4.69, 9.17) is 16.7 Å². The summed E-state index contributed by atoms with van der Waals surface area (Å²) < 4.78 is 0. The van der Waals surface area contributed by atoms with Crippen LogP contribution < -0.4 is 5.32 Å². The molecule has 2 amide bonds. The van der Waals surface area contributed by atoms with Crippen LogP contribution in [0.1, 0.15) is 18.4 Å². The largest absolute Gasteiger partial charge is 0.480 e. The van der Waals surface area contributed by atoms with Crippen molar-refractivity contribution in [2.24, 2.45) is 5.92 Å². The predicted octanol–water partition coefficient (Wildman–Crippen LogP) is 1.91. The number of rotatable bonds is 4. The number of nitrogens with zero attached hydrogens (tertiary/aromatic N) is 1. The SMILES string of the molecule is Cc1ccc(Cl)cc1NC(=O)[C@@H]1CCC(=O)N(CC(=O)O)C1. The highest BCUT2D eigenvalue weighted by Crippen LogP contribution is 2.23. The summed E-state index contributed by atoms with van der Waals surface area (Å²) in [5.41, 5.74) is 1.51. The van der Waals surface area contributed by atoms with E-state index in [1.165, 1.54) is 4.90 Å². The van der Waals surface area contributed by atoms with Crippen LogP contribution in [0.25, 0.3) is 0 Å². The quantitative estimate of drug-likeness (QED) is 0.885. The highest BCUT2D eigenvalue weighted by atomic mass is 35.5. The summed E-state index contributed by atoms with van der Waals surface area (Å²) in [4.78, 5) is 36.0. The van der Waals surface area contributed by atoms with Crippen molar-refractivity contribution in [3.05, 3.63) is 28.8 Å². The number of anilines is 1. The molecule has 1 heterocycles. The van der Waals surface area contributed by atoms with Crippen LogP contribution >= 0.6 is 11.6 Å². The Labute approximate surface area is 133 Å². The van der Waals surface area contributed by atoms with Crippen molar-refractivity contribution in [1.29, 1.82) is 0 Å². The predicted molar refractivity (Wildman–Crippen MR) is 81.8 cm³/mol. The maximum Gasteiger partial charge on any atom is 0.323 e. The van der Waals surface area contributed by atoms with Crippen molar-refractivity contribution >= 4 is 35.1 Å². The molecule has 2 rings (SSSR count). The minimum Gasteiger partial charge on any atom is -0.480 e. The molecule has 1 aromatic carbocycles. The van der Waals surface area contributed by atoms with Crippen LogP contribution in [0.3, 0.4) is 0 Å². The molecule has 0 aliphatic carbocycles. The number of amides is 2. The van der Waals surface area contributed by atoms with E-state index in [1.54, 1.807) is 18.2 Å². The maximum absolute atomic E-state index is 12.3. The average Bonchev–Trinajstić information content (AvgIpc) is 2.44. The molecule has 1 aromatic rings. The standard InChI is InChI=1S/C15H17ClN2O4/c1-9-2-4-11(16)6-12(9)17-15(22)10-3-5-13(19)18(7-10)8-14(20)21/h2,4,6,10H,3,5,7-8H2,1H3,(H,17,22)(H,20,21)/t10-/m1/s1. The monoisotopic (exact) mass is 324 g/mol. The van der Waals surface area contributed by atoms with Crippen LogP contribution in [0.15, 0.2) is 18.2 Å². The summed E-state index contributed by atoms with van der Waals surface area (Å²) in [6, 6.07) is 5.21. The Hall–Kier alpha value is -2.08. The first-order chi connectivity index (χ1) is 10.4. The number of carbonyl (C=O) groups is 3. The highest BCUT2D eigenvalue weighted by molar-refractivity contribution is 6.31. The van der Waals surface area contributed by atoms with E-state index in [9.17, 15) is 14.4 Å². The van der Waals surface area contributed by atoms with E-state index in [0.29, 0.717) is 17.1 Å². The lowest BCUT2D eigenvalue weighted by Crippen LogP contribution is -2.46. The zero-order chi connectivity index (χ0) is 16.3. The van der Waals surface area contributed by atoms with Crippen LogP contribution in [0.5, 0.6) is 0 Å². The molecule has 7 heteroatoms.